The Hall–Kier alpha value is -2.85. The van der Waals surface area contributed by atoms with Gasteiger partial charge in [-0.15, -0.1) is 0 Å². The molecule has 1 N–H and O–H groups in total. The summed E-state index contributed by atoms with van der Waals surface area (Å²) in [6.07, 6.45) is 3.48. The van der Waals surface area contributed by atoms with Crippen molar-refractivity contribution in [1.82, 2.24) is 4.98 Å². The molecule has 0 bridgehead atoms. The van der Waals surface area contributed by atoms with Crippen molar-refractivity contribution >= 4 is 36.7 Å². The molecule has 1 heterocycles. The van der Waals surface area contributed by atoms with Crippen LogP contribution in [-0.4, -0.2) is 11.7 Å². The Morgan fingerprint density at radius 3 is 2.58 bits per heavy atom. The number of H-pyrrole nitrogens is 1. The minimum absolute atomic E-state index is 0.0938. The summed E-state index contributed by atoms with van der Waals surface area (Å²) < 4.78 is 0. The Morgan fingerprint density at radius 2 is 2.00 bits per heavy atom. The number of rotatable bonds is 5. The minimum atomic E-state index is -0.374. The van der Waals surface area contributed by atoms with Crippen LogP contribution in [0.15, 0.2) is 58.0 Å². The van der Waals surface area contributed by atoms with E-state index in [2.05, 4.69) is 30.0 Å². The molecule has 2 rings (SSSR count). The molecule has 1 aromatic carbocycles. The van der Waals surface area contributed by atoms with Gasteiger partial charge in [0.15, 0.2) is 5.76 Å². The molecule has 0 aliphatic heterocycles. The van der Waals surface area contributed by atoms with Crippen LogP contribution in [-0.2, 0) is 4.84 Å². The number of nitrogens with zero attached hydrogens (tertiary/aromatic N) is 1. The number of benzene rings is 1. The molecule has 122 valence electrons. The van der Waals surface area contributed by atoms with Gasteiger partial charge >= 0.3 is 0 Å². The minimum Gasteiger partial charge on any atom is -0.357 e. The molecule has 0 atom stereocenters. The van der Waals surface area contributed by atoms with Gasteiger partial charge in [0.2, 0.25) is 0 Å². The molecule has 0 amide bonds. The number of nitrogens with one attached hydrogen (secondary N) is 1. The zero-order valence-corrected chi connectivity index (χ0v) is 14.1. The second-order valence-electron chi connectivity index (χ2n) is 4.92. The fourth-order valence-electron chi connectivity index (χ4n) is 2.34. The first-order valence-corrected chi connectivity index (χ1v) is 7.54. The van der Waals surface area contributed by atoms with E-state index in [0.717, 1.165) is 5.56 Å². The van der Waals surface area contributed by atoms with E-state index in [0.29, 0.717) is 21.2 Å². The highest BCUT2D eigenvalue weighted by atomic mass is 35.5. The topological polar surface area (TPSA) is 54.4 Å². The number of aromatic amines is 1. The van der Waals surface area contributed by atoms with Gasteiger partial charge in [-0.2, -0.15) is 0 Å². The molecular formula is C19H17ClN2O2. The number of allylic oxidation sites excluding steroid dienone is 2. The van der Waals surface area contributed by atoms with Gasteiger partial charge in [-0.1, -0.05) is 66.3 Å². The third-order valence-corrected chi connectivity index (χ3v) is 3.74. The van der Waals surface area contributed by atoms with Crippen LogP contribution in [0.3, 0.4) is 0 Å². The van der Waals surface area contributed by atoms with Crippen molar-refractivity contribution in [3.63, 3.8) is 0 Å². The van der Waals surface area contributed by atoms with Crippen molar-refractivity contribution in [2.24, 2.45) is 5.16 Å². The standard InChI is InChI=1S/C19H17ClN2O2/c1-5-15(20)11-16-12(2)22-19(23)17(13(3)24-21-4)18(16)14-9-7-6-8-10-14/h5-11H,2-4H2,1H3,(H,22,23)/b15-5+,16-11+. The Kier molecular flexibility index (Phi) is 5.55. The molecular weight excluding hydrogens is 324 g/mol. The largest absolute Gasteiger partial charge is 0.357 e. The average Bonchev–Trinajstić information content (AvgIpc) is 2.57. The van der Waals surface area contributed by atoms with E-state index in [-0.39, 0.29) is 16.9 Å². The van der Waals surface area contributed by atoms with E-state index in [1.165, 1.54) is 0 Å². The van der Waals surface area contributed by atoms with Crippen molar-refractivity contribution in [1.29, 1.82) is 0 Å². The Balaban J connectivity index is 3.01. The molecule has 24 heavy (non-hydrogen) atoms. The zero-order valence-electron chi connectivity index (χ0n) is 13.3. The highest BCUT2D eigenvalue weighted by Gasteiger charge is 2.16. The van der Waals surface area contributed by atoms with Crippen LogP contribution >= 0.6 is 11.6 Å². The summed E-state index contributed by atoms with van der Waals surface area (Å²) >= 11 is 6.17. The molecule has 0 aliphatic carbocycles. The van der Waals surface area contributed by atoms with Gasteiger partial charge in [0.25, 0.3) is 5.56 Å². The monoisotopic (exact) mass is 340 g/mol. The quantitative estimate of drug-likeness (QED) is 0.517. The average molecular weight is 341 g/mol. The van der Waals surface area contributed by atoms with Crippen LogP contribution in [0.2, 0.25) is 0 Å². The van der Waals surface area contributed by atoms with E-state index in [1.807, 2.05) is 37.3 Å². The van der Waals surface area contributed by atoms with E-state index in [9.17, 15) is 4.79 Å². The Bertz CT molecular complexity index is 973. The molecule has 0 radical (unpaired) electrons. The van der Waals surface area contributed by atoms with Gasteiger partial charge in [-0.3, -0.25) is 4.79 Å². The summed E-state index contributed by atoms with van der Waals surface area (Å²) in [5.41, 5.74) is 1.32. The van der Waals surface area contributed by atoms with Crippen molar-refractivity contribution in [3.05, 3.63) is 74.5 Å². The number of oxime groups is 1. The summed E-state index contributed by atoms with van der Waals surface area (Å²) in [4.78, 5) is 20.2. The number of halogens is 1. The zero-order chi connectivity index (χ0) is 17.7. The van der Waals surface area contributed by atoms with Crippen molar-refractivity contribution in [2.45, 2.75) is 6.92 Å². The van der Waals surface area contributed by atoms with Crippen molar-refractivity contribution in [3.8, 4) is 11.1 Å². The summed E-state index contributed by atoms with van der Waals surface area (Å²) in [7, 11) is 0. The highest BCUT2D eigenvalue weighted by molar-refractivity contribution is 6.34. The second-order valence-corrected chi connectivity index (χ2v) is 5.36. The number of pyridine rings is 1. The van der Waals surface area contributed by atoms with Crippen LogP contribution in [0.1, 0.15) is 12.5 Å². The predicted molar refractivity (Wildman–Crippen MR) is 101 cm³/mol. The number of hydrogen-bond acceptors (Lipinski definition) is 3. The first-order chi connectivity index (χ1) is 11.5. The van der Waals surface area contributed by atoms with Gasteiger partial charge in [0.05, 0.1) is 5.56 Å². The van der Waals surface area contributed by atoms with E-state index in [4.69, 9.17) is 16.4 Å². The number of aromatic nitrogens is 1. The summed E-state index contributed by atoms with van der Waals surface area (Å²) in [5, 5.41) is 4.99. The van der Waals surface area contributed by atoms with Gasteiger partial charge in [-0.25, -0.2) is 0 Å². The van der Waals surface area contributed by atoms with Crippen LogP contribution in [0, 0.1) is 0 Å². The molecule has 0 saturated heterocycles. The third-order valence-electron chi connectivity index (χ3n) is 3.41. The van der Waals surface area contributed by atoms with Gasteiger partial charge in [0.1, 0.15) is 0 Å². The molecule has 5 heteroatoms. The maximum atomic E-state index is 12.5. The Morgan fingerprint density at radius 1 is 1.33 bits per heavy atom. The third kappa shape index (κ3) is 3.55. The van der Waals surface area contributed by atoms with Gasteiger partial charge in [0, 0.05) is 27.9 Å². The fraction of sp³-hybridized carbons (Fsp3) is 0.0526. The molecule has 4 nitrogen and oxygen atoms in total. The van der Waals surface area contributed by atoms with Gasteiger partial charge < -0.3 is 9.82 Å². The maximum absolute atomic E-state index is 12.5. The molecule has 2 aromatic rings. The molecule has 0 spiro atoms. The Labute approximate surface area is 144 Å². The summed E-state index contributed by atoms with van der Waals surface area (Å²) in [5.74, 6) is 0.0938. The van der Waals surface area contributed by atoms with Crippen LogP contribution in [0.4, 0.5) is 0 Å². The summed E-state index contributed by atoms with van der Waals surface area (Å²) in [6, 6.07) is 9.40. The molecule has 0 unspecified atom stereocenters. The first kappa shape index (κ1) is 17.5. The second kappa shape index (κ2) is 7.62. The predicted octanol–water partition coefficient (Wildman–Crippen LogP) is 2.98. The van der Waals surface area contributed by atoms with Crippen LogP contribution in [0.25, 0.3) is 29.5 Å². The number of hydrogen-bond donors (Lipinski definition) is 1. The highest BCUT2D eigenvalue weighted by Crippen LogP contribution is 2.22. The smallest absolute Gasteiger partial charge is 0.260 e. The van der Waals surface area contributed by atoms with Gasteiger partial charge in [-0.05, 0) is 18.6 Å². The van der Waals surface area contributed by atoms with Crippen LogP contribution in [0.5, 0.6) is 0 Å². The fourth-order valence-corrected chi connectivity index (χ4v) is 2.45. The van der Waals surface area contributed by atoms with E-state index < -0.39 is 0 Å². The van der Waals surface area contributed by atoms with E-state index >= 15 is 0 Å². The maximum Gasteiger partial charge on any atom is 0.260 e. The van der Waals surface area contributed by atoms with Crippen molar-refractivity contribution < 1.29 is 4.84 Å². The molecule has 0 fully saturated rings. The SMILES string of the molecule is C=NOC(=C)c1c(-c2ccccc2)/c(=C/C(Cl)=C\C)c(=C)[nH]c1=O. The lowest BCUT2D eigenvalue weighted by atomic mass is 9.97. The van der Waals surface area contributed by atoms with Crippen molar-refractivity contribution in [2.75, 3.05) is 0 Å². The molecule has 0 saturated carbocycles. The lowest BCUT2D eigenvalue weighted by Crippen LogP contribution is -2.37. The first-order valence-electron chi connectivity index (χ1n) is 7.16. The molecule has 1 aromatic heterocycles. The van der Waals surface area contributed by atoms with Crippen LogP contribution < -0.4 is 16.1 Å². The molecule has 0 aliphatic rings. The lowest BCUT2D eigenvalue weighted by Gasteiger charge is -2.11. The normalized spacial score (nSPS) is 12.1. The lowest BCUT2D eigenvalue weighted by molar-refractivity contribution is 0.302. The van der Waals surface area contributed by atoms with E-state index in [1.54, 1.807) is 12.2 Å². The summed E-state index contributed by atoms with van der Waals surface area (Å²) in [6.45, 7) is 12.8.